The minimum absolute atomic E-state index is 0.313. The maximum Gasteiger partial charge on any atom is 0.319 e. The lowest BCUT2D eigenvalue weighted by Crippen LogP contribution is -2.49. The van der Waals surface area contributed by atoms with Crippen LogP contribution in [0.25, 0.3) is 0 Å². The molecule has 0 heterocycles. The number of esters is 1. The summed E-state index contributed by atoms with van der Waals surface area (Å²) in [6, 6.07) is 7.17. The molecule has 0 aliphatic heterocycles. The van der Waals surface area contributed by atoms with Crippen molar-refractivity contribution in [1.82, 2.24) is 0 Å². The Morgan fingerprint density at radius 2 is 2.32 bits per heavy atom. The summed E-state index contributed by atoms with van der Waals surface area (Å²) in [4.78, 5) is 12.4. The number of ether oxygens (including phenoxy) is 1. The van der Waals surface area contributed by atoms with Crippen molar-refractivity contribution in [2.24, 2.45) is 0 Å². The van der Waals surface area contributed by atoms with Crippen LogP contribution in [-0.4, -0.2) is 23.8 Å². The van der Waals surface area contributed by atoms with Crippen molar-refractivity contribution in [3.05, 3.63) is 34.9 Å². The van der Waals surface area contributed by atoms with E-state index in [9.17, 15) is 9.90 Å². The van der Waals surface area contributed by atoms with Crippen LogP contribution in [0.5, 0.6) is 0 Å². The van der Waals surface area contributed by atoms with Gasteiger partial charge in [0.1, 0.15) is 5.41 Å². The summed E-state index contributed by atoms with van der Waals surface area (Å²) in [5.74, 6) is -0.343. The highest BCUT2D eigenvalue weighted by Gasteiger charge is 2.49. The fourth-order valence-electron chi connectivity index (χ4n) is 2.87. The maximum atomic E-state index is 12.4. The molecular weight excluding hydrogens is 264 g/mol. The third kappa shape index (κ3) is 2.63. The number of halogens is 1. The number of aliphatic hydroxyl groups excluding tert-OH is 1. The molecule has 1 aromatic rings. The van der Waals surface area contributed by atoms with Gasteiger partial charge in [-0.2, -0.15) is 0 Å². The van der Waals surface area contributed by atoms with Crippen LogP contribution in [0.15, 0.2) is 24.3 Å². The predicted octanol–water partition coefficient (Wildman–Crippen LogP) is 3.08. The first-order chi connectivity index (χ1) is 9.11. The van der Waals surface area contributed by atoms with Crippen LogP contribution in [0.2, 0.25) is 5.02 Å². The molecule has 1 aliphatic rings. The fraction of sp³-hybridized carbons (Fsp3) is 0.533. The third-order valence-electron chi connectivity index (χ3n) is 3.85. The molecule has 1 aliphatic carbocycles. The van der Waals surface area contributed by atoms with Gasteiger partial charge in [0.05, 0.1) is 12.7 Å². The maximum absolute atomic E-state index is 12.4. The van der Waals surface area contributed by atoms with Crippen LogP contribution in [0.3, 0.4) is 0 Å². The second-order valence-corrected chi connectivity index (χ2v) is 5.40. The Balaban J connectivity index is 2.47. The number of rotatable bonds is 3. The van der Waals surface area contributed by atoms with Gasteiger partial charge in [-0.05, 0) is 37.5 Å². The molecule has 0 aromatic heterocycles. The van der Waals surface area contributed by atoms with E-state index in [1.165, 1.54) is 0 Å². The molecule has 19 heavy (non-hydrogen) atoms. The normalized spacial score (nSPS) is 27.0. The summed E-state index contributed by atoms with van der Waals surface area (Å²) >= 11 is 6.02. The van der Waals surface area contributed by atoms with Crippen LogP contribution < -0.4 is 0 Å². The van der Waals surface area contributed by atoms with E-state index in [1.54, 1.807) is 25.1 Å². The van der Waals surface area contributed by atoms with Gasteiger partial charge in [0.2, 0.25) is 0 Å². The fourth-order valence-corrected chi connectivity index (χ4v) is 3.06. The van der Waals surface area contributed by atoms with Crippen molar-refractivity contribution in [3.8, 4) is 0 Å². The van der Waals surface area contributed by atoms with Gasteiger partial charge in [-0.25, -0.2) is 0 Å². The molecule has 0 radical (unpaired) electrons. The van der Waals surface area contributed by atoms with E-state index in [4.69, 9.17) is 16.3 Å². The topological polar surface area (TPSA) is 46.5 Å². The van der Waals surface area contributed by atoms with Gasteiger partial charge >= 0.3 is 5.97 Å². The molecule has 0 spiro atoms. The average molecular weight is 283 g/mol. The van der Waals surface area contributed by atoms with Crippen molar-refractivity contribution >= 4 is 17.6 Å². The van der Waals surface area contributed by atoms with Crippen molar-refractivity contribution < 1.29 is 14.6 Å². The van der Waals surface area contributed by atoms with Gasteiger partial charge in [-0.1, -0.05) is 36.6 Å². The van der Waals surface area contributed by atoms with Crippen molar-refractivity contribution in [3.63, 3.8) is 0 Å². The number of carbonyl (C=O) groups is 1. The number of hydrogen-bond acceptors (Lipinski definition) is 3. The highest BCUT2D eigenvalue weighted by atomic mass is 35.5. The zero-order valence-corrected chi connectivity index (χ0v) is 11.8. The molecule has 1 N–H and O–H groups in total. The quantitative estimate of drug-likeness (QED) is 0.867. The van der Waals surface area contributed by atoms with Gasteiger partial charge in [-0.15, -0.1) is 0 Å². The molecule has 0 amide bonds. The molecule has 0 unspecified atom stereocenters. The number of hydrogen-bond donors (Lipinski definition) is 1. The molecule has 2 rings (SSSR count). The van der Waals surface area contributed by atoms with E-state index in [1.807, 2.05) is 6.07 Å². The Kier molecular flexibility index (Phi) is 4.48. The van der Waals surface area contributed by atoms with Crippen molar-refractivity contribution in [2.75, 3.05) is 6.61 Å². The van der Waals surface area contributed by atoms with Gasteiger partial charge in [0.15, 0.2) is 0 Å². The summed E-state index contributed by atoms with van der Waals surface area (Å²) < 4.78 is 5.21. The first kappa shape index (κ1) is 14.4. The van der Waals surface area contributed by atoms with Gasteiger partial charge in [0.25, 0.3) is 0 Å². The molecule has 104 valence electrons. The first-order valence-corrected chi connectivity index (χ1v) is 7.10. The van der Waals surface area contributed by atoms with E-state index >= 15 is 0 Å². The molecule has 1 aromatic carbocycles. The Morgan fingerprint density at radius 3 is 2.95 bits per heavy atom. The predicted molar refractivity (Wildman–Crippen MR) is 74.2 cm³/mol. The van der Waals surface area contributed by atoms with Crippen LogP contribution >= 0.6 is 11.6 Å². The Hall–Kier alpha value is -1.06. The summed E-state index contributed by atoms with van der Waals surface area (Å²) in [6.45, 7) is 2.09. The van der Waals surface area contributed by atoms with Crippen molar-refractivity contribution in [2.45, 2.75) is 44.1 Å². The highest BCUT2D eigenvalue weighted by molar-refractivity contribution is 6.30. The Bertz CT molecular complexity index is 460. The smallest absolute Gasteiger partial charge is 0.319 e. The van der Waals surface area contributed by atoms with Crippen LogP contribution in [0.1, 0.15) is 38.2 Å². The van der Waals surface area contributed by atoms with E-state index in [-0.39, 0.29) is 5.97 Å². The third-order valence-corrected chi connectivity index (χ3v) is 4.08. The Morgan fingerprint density at radius 1 is 1.53 bits per heavy atom. The monoisotopic (exact) mass is 282 g/mol. The second kappa shape index (κ2) is 5.93. The lowest BCUT2D eigenvalue weighted by molar-refractivity contribution is -0.157. The van der Waals surface area contributed by atoms with E-state index < -0.39 is 11.5 Å². The summed E-state index contributed by atoms with van der Waals surface area (Å²) in [7, 11) is 0. The average Bonchev–Trinajstić information content (AvgIpc) is 2.39. The number of benzene rings is 1. The lowest BCUT2D eigenvalue weighted by Gasteiger charge is -2.39. The zero-order chi connectivity index (χ0) is 13.9. The first-order valence-electron chi connectivity index (χ1n) is 6.72. The Labute approximate surface area is 118 Å². The summed E-state index contributed by atoms with van der Waals surface area (Å²) in [5, 5.41) is 11.0. The molecule has 4 heteroatoms. The second-order valence-electron chi connectivity index (χ2n) is 4.96. The largest absolute Gasteiger partial charge is 0.465 e. The minimum Gasteiger partial charge on any atom is -0.465 e. The molecule has 1 saturated carbocycles. The van der Waals surface area contributed by atoms with Crippen LogP contribution in [0, 0.1) is 0 Å². The van der Waals surface area contributed by atoms with Crippen LogP contribution in [0.4, 0.5) is 0 Å². The zero-order valence-electron chi connectivity index (χ0n) is 11.1. The standard InChI is InChI=1S/C15H19ClO3/c1-2-19-14(18)15(9-4-3-8-13(15)17)11-6-5-7-12(16)10-11/h5-7,10,13,17H,2-4,8-9H2,1H3/t13-,15+/m1/s1. The molecule has 0 bridgehead atoms. The summed E-state index contributed by atoms with van der Waals surface area (Å²) in [5.41, 5.74) is -0.204. The molecule has 3 nitrogen and oxygen atoms in total. The minimum atomic E-state index is -0.959. The van der Waals surface area contributed by atoms with Gasteiger partial charge in [0, 0.05) is 5.02 Å². The van der Waals surface area contributed by atoms with Gasteiger partial charge in [-0.3, -0.25) is 4.79 Å². The lowest BCUT2D eigenvalue weighted by atomic mass is 9.67. The SMILES string of the molecule is CCOC(=O)[C@]1(c2cccc(Cl)c2)CCCC[C@H]1O. The van der Waals surface area contributed by atoms with E-state index in [0.29, 0.717) is 24.5 Å². The van der Waals surface area contributed by atoms with Crippen LogP contribution in [-0.2, 0) is 14.9 Å². The highest BCUT2D eigenvalue weighted by Crippen LogP contribution is 2.41. The van der Waals surface area contributed by atoms with E-state index in [0.717, 1.165) is 18.4 Å². The van der Waals surface area contributed by atoms with Crippen molar-refractivity contribution in [1.29, 1.82) is 0 Å². The summed E-state index contributed by atoms with van der Waals surface area (Å²) in [6.07, 6.45) is 2.35. The molecule has 2 atom stereocenters. The molecular formula is C15H19ClO3. The number of carbonyl (C=O) groups excluding carboxylic acids is 1. The van der Waals surface area contributed by atoms with Gasteiger partial charge < -0.3 is 9.84 Å². The molecule has 0 saturated heterocycles. The molecule has 1 fully saturated rings. The van der Waals surface area contributed by atoms with E-state index in [2.05, 4.69) is 0 Å². The number of aliphatic hydroxyl groups is 1.